The molecule has 0 saturated heterocycles. The first-order chi connectivity index (χ1) is 15.0. The molecule has 0 aromatic heterocycles. The first-order valence-corrected chi connectivity index (χ1v) is 9.96. The van der Waals surface area contributed by atoms with E-state index in [4.69, 9.17) is 14.2 Å². The number of fused-ring (bicyclic) bond motifs is 1. The molecule has 1 aliphatic rings. The second kappa shape index (κ2) is 9.05. The lowest BCUT2D eigenvalue weighted by Gasteiger charge is -2.13. The van der Waals surface area contributed by atoms with Gasteiger partial charge in [-0.15, -0.1) is 0 Å². The van der Waals surface area contributed by atoms with Crippen molar-refractivity contribution < 1.29 is 28.2 Å². The zero-order valence-corrected chi connectivity index (χ0v) is 17.6. The molecule has 3 aromatic carbocycles. The van der Waals surface area contributed by atoms with Crippen molar-refractivity contribution in [3.05, 3.63) is 76.5 Å². The number of carbonyl (C=O) groups excluding carboxylic acids is 2. The van der Waals surface area contributed by atoms with E-state index in [1.54, 1.807) is 42.5 Å². The molecule has 0 aliphatic carbocycles. The number of ether oxygens (including phenoxy) is 3. The highest BCUT2D eigenvalue weighted by atomic mass is 79.9. The van der Waals surface area contributed by atoms with Crippen LogP contribution in [0.5, 0.6) is 17.2 Å². The highest BCUT2D eigenvalue weighted by Gasteiger charge is 2.17. The van der Waals surface area contributed by atoms with Crippen LogP contribution >= 0.6 is 15.9 Å². The van der Waals surface area contributed by atoms with Crippen LogP contribution in [0.15, 0.2) is 65.1 Å². The lowest BCUT2D eigenvalue weighted by atomic mass is 10.1. The van der Waals surface area contributed by atoms with E-state index in [2.05, 4.69) is 26.6 Å². The third-order valence-electron chi connectivity index (χ3n) is 4.33. The van der Waals surface area contributed by atoms with Gasteiger partial charge in [0, 0.05) is 11.8 Å². The molecular weight excluding hydrogens is 471 g/mol. The zero-order chi connectivity index (χ0) is 21.8. The van der Waals surface area contributed by atoms with Crippen LogP contribution < -0.4 is 24.8 Å². The monoisotopic (exact) mass is 486 g/mol. The summed E-state index contributed by atoms with van der Waals surface area (Å²) in [4.78, 5) is 25.1. The predicted molar refractivity (Wildman–Crippen MR) is 115 cm³/mol. The standard InChI is InChI=1S/C22H16BrFN2O5/c23-16-9-13(24)5-7-18(16)29-11-21(27)26-17-4-2-1-3-15(17)22(28)25-14-6-8-19-20(10-14)31-12-30-19/h1-10H,11-12H2,(H,25,28)(H,26,27). The fourth-order valence-corrected chi connectivity index (χ4v) is 3.35. The molecule has 0 fully saturated rings. The molecule has 4 rings (SSSR count). The molecule has 2 N–H and O–H groups in total. The highest BCUT2D eigenvalue weighted by Crippen LogP contribution is 2.34. The van der Waals surface area contributed by atoms with Gasteiger partial charge in [-0.2, -0.15) is 0 Å². The predicted octanol–water partition coefficient (Wildman–Crippen LogP) is 4.59. The Morgan fingerprint density at radius 2 is 1.81 bits per heavy atom. The SMILES string of the molecule is O=C(COc1ccc(F)cc1Br)Nc1ccccc1C(=O)Nc1ccc2c(c1)OCO2. The van der Waals surface area contributed by atoms with Gasteiger partial charge in [-0.1, -0.05) is 12.1 Å². The summed E-state index contributed by atoms with van der Waals surface area (Å²) in [6.07, 6.45) is 0. The lowest BCUT2D eigenvalue weighted by Crippen LogP contribution is -2.23. The molecule has 7 nitrogen and oxygen atoms in total. The van der Waals surface area contributed by atoms with Crippen molar-refractivity contribution in [2.45, 2.75) is 0 Å². The highest BCUT2D eigenvalue weighted by molar-refractivity contribution is 9.10. The van der Waals surface area contributed by atoms with E-state index in [0.29, 0.717) is 33.1 Å². The average Bonchev–Trinajstić information content (AvgIpc) is 3.21. The van der Waals surface area contributed by atoms with E-state index in [1.807, 2.05) is 0 Å². The number of hydrogen-bond donors (Lipinski definition) is 2. The first kappa shape index (κ1) is 20.7. The van der Waals surface area contributed by atoms with Gasteiger partial charge in [-0.25, -0.2) is 4.39 Å². The molecule has 0 unspecified atom stereocenters. The summed E-state index contributed by atoms with van der Waals surface area (Å²) >= 11 is 3.18. The summed E-state index contributed by atoms with van der Waals surface area (Å²) in [5, 5.41) is 5.43. The molecular formula is C22H16BrFN2O5. The number of nitrogens with one attached hydrogen (secondary N) is 2. The number of hydrogen-bond acceptors (Lipinski definition) is 5. The Morgan fingerprint density at radius 1 is 1.00 bits per heavy atom. The summed E-state index contributed by atoms with van der Waals surface area (Å²) < 4.78 is 29.5. The molecule has 0 saturated carbocycles. The van der Waals surface area contributed by atoms with E-state index >= 15 is 0 Å². The molecule has 0 atom stereocenters. The summed E-state index contributed by atoms with van der Waals surface area (Å²) in [7, 11) is 0. The van der Waals surface area contributed by atoms with Crippen molar-refractivity contribution in [1.82, 2.24) is 0 Å². The smallest absolute Gasteiger partial charge is 0.262 e. The van der Waals surface area contributed by atoms with Crippen LogP contribution in [0.4, 0.5) is 15.8 Å². The van der Waals surface area contributed by atoms with Crippen LogP contribution in [0.2, 0.25) is 0 Å². The molecule has 0 spiro atoms. The van der Waals surface area contributed by atoms with Crippen molar-refractivity contribution in [2.75, 3.05) is 24.0 Å². The van der Waals surface area contributed by atoms with Gasteiger partial charge in [0.2, 0.25) is 6.79 Å². The molecule has 0 radical (unpaired) electrons. The van der Waals surface area contributed by atoms with Crippen LogP contribution in [0, 0.1) is 5.82 Å². The molecule has 158 valence electrons. The van der Waals surface area contributed by atoms with Gasteiger partial charge in [0.1, 0.15) is 11.6 Å². The normalized spacial score (nSPS) is 11.7. The maximum Gasteiger partial charge on any atom is 0.262 e. The van der Waals surface area contributed by atoms with Gasteiger partial charge in [0.05, 0.1) is 15.7 Å². The number of anilines is 2. The molecule has 1 aliphatic heterocycles. The molecule has 31 heavy (non-hydrogen) atoms. The summed E-state index contributed by atoms with van der Waals surface area (Å²) in [5.41, 5.74) is 1.13. The number of amides is 2. The Labute approximate surface area is 185 Å². The number of rotatable bonds is 6. The second-order valence-corrected chi connectivity index (χ2v) is 7.33. The number of benzene rings is 3. The van der Waals surface area contributed by atoms with Crippen LogP contribution in [0.1, 0.15) is 10.4 Å². The van der Waals surface area contributed by atoms with Crippen LogP contribution in [0.3, 0.4) is 0 Å². The summed E-state index contributed by atoms with van der Waals surface area (Å²) in [6.45, 7) is -0.180. The van der Waals surface area contributed by atoms with Crippen molar-refractivity contribution in [1.29, 1.82) is 0 Å². The van der Waals surface area contributed by atoms with Crippen LogP contribution in [-0.2, 0) is 4.79 Å². The quantitative estimate of drug-likeness (QED) is 0.532. The van der Waals surface area contributed by atoms with Crippen molar-refractivity contribution in [3.8, 4) is 17.2 Å². The molecule has 0 bridgehead atoms. The minimum Gasteiger partial charge on any atom is -0.483 e. The van der Waals surface area contributed by atoms with Crippen LogP contribution in [0.25, 0.3) is 0 Å². The minimum absolute atomic E-state index is 0.137. The van der Waals surface area contributed by atoms with Gasteiger partial charge < -0.3 is 24.8 Å². The fraction of sp³-hybridized carbons (Fsp3) is 0.0909. The van der Waals surface area contributed by atoms with Crippen molar-refractivity contribution >= 4 is 39.1 Å². The van der Waals surface area contributed by atoms with Gasteiger partial charge >= 0.3 is 0 Å². The topological polar surface area (TPSA) is 85.9 Å². The Balaban J connectivity index is 1.41. The van der Waals surface area contributed by atoms with Gasteiger partial charge in [0.25, 0.3) is 11.8 Å². The second-order valence-electron chi connectivity index (χ2n) is 6.48. The average molecular weight is 487 g/mol. The van der Waals surface area contributed by atoms with E-state index in [9.17, 15) is 14.0 Å². The Hall–Kier alpha value is -3.59. The fourth-order valence-electron chi connectivity index (χ4n) is 2.88. The largest absolute Gasteiger partial charge is 0.483 e. The third kappa shape index (κ3) is 4.95. The van der Waals surface area contributed by atoms with Crippen molar-refractivity contribution in [3.63, 3.8) is 0 Å². The molecule has 9 heteroatoms. The van der Waals surface area contributed by atoms with E-state index < -0.39 is 17.6 Å². The number of carbonyl (C=O) groups is 2. The molecule has 3 aromatic rings. The Morgan fingerprint density at radius 3 is 2.65 bits per heavy atom. The Kier molecular flexibility index (Phi) is 6.03. The first-order valence-electron chi connectivity index (χ1n) is 9.17. The van der Waals surface area contributed by atoms with Gasteiger partial charge in [-0.05, 0) is 58.4 Å². The zero-order valence-electron chi connectivity index (χ0n) is 16.0. The van der Waals surface area contributed by atoms with Gasteiger partial charge in [-0.3, -0.25) is 9.59 Å². The minimum atomic E-state index is -0.473. The molecule has 2 amide bonds. The Bertz CT molecular complexity index is 1150. The number of halogens is 2. The summed E-state index contributed by atoms with van der Waals surface area (Å²) in [5.74, 6) is 0.176. The van der Waals surface area contributed by atoms with Gasteiger partial charge in [0.15, 0.2) is 18.1 Å². The maximum absolute atomic E-state index is 13.2. The van der Waals surface area contributed by atoms with E-state index in [-0.39, 0.29) is 19.0 Å². The molecule has 1 heterocycles. The lowest BCUT2D eigenvalue weighted by molar-refractivity contribution is -0.118. The maximum atomic E-state index is 13.2. The third-order valence-corrected chi connectivity index (χ3v) is 4.95. The van der Waals surface area contributed by atoms with E-state index in [1.165, 1.54) is 18.2 Å². The van der Waals surface area contributed by atoms with E-state index in [0.717, 1.165) is 0 Å². The van der Waals surface area contributed by atoms with Crippen LogP contribution in [-0.4, -0.2) is 25.2 Å². The number of para-hydroxylation sites is 1. The summed E-state index contributed by atoms with van der Waals surface area (Å²) in [6, 6.07) is 15.5. The van der Waals surface area contributed by atoms with Crippen molar-refractivity contribution in [2.24, 2.45) is 0 Å².